The van der Waals surface area contributed by atoms with E-state index in [1.54, 1.807) is 34.7 Å². The van der Waals surface area contributed by atoms with Crippen LogP contribution in [0.2, 0.25) is 0 Å². The van der Waals surface area contributed by atoms with Crippen molar-refractivity contribution in [2.75, 3.05) is 20.1 Å². The molecule has 0 aliphatic heterocycles. The molecule has 10 heteroatoms. The molecule has 166 valence electrons. The van der Waals surface area contributed by atoms with Crippen molar-refractivity contribution >= 4 is 26.8 Å². The summed E-state index contributed by atoms with van der Waals surface area (Å²) in [4.78, 5) is 29.6. The second-order valence-corrected chi connectivity index (χ2v) is 9.25. The van der Waals surface area contributed by atoms with E-state index in [0.29, 0.717) is 35.4 Å². The Balaban J connectivity index is 2.09. The van der Waals surface area contributed by atoms with E-state index in [1.165, 1.54) is 33.5 Å². The fourth-order valence-electron chi connectivity index (χ4n) is 3.53. The molecule has 0 aliphatic carbocycles. The number of sulfonamides is 1. The first-order valence-electron chi connectivity index (χ1n) is 9.94. The lowest BCUT2D eigenvalue weighted by molar-refractivity contribution is 0.0786. The zero-order valence-electron chi connectivity index (χ0n) is 18.2. The summed E-state index contributed by atoms with van der Waals surface area (Å²) in [5, 5.41) is 4.26. The average Bonchev–Trinajstić information content (AvgIpc) is 3.04. The summed E-state index contributed by atoms with van der Waals surface area (Å²) >= 11 is 0. The number of aryl methyl sites for hydroxylation is 2. The average molecular weight is 447 g/mol. The number of carbonyl (C=O) groups excluding carboxylic acids is 1. The monoisotopic (exact) mass is 446 g/mol. The van der Waals surface area contributed by atoms with Gasteiger partial charge in [-0.15, -0.1) is 0 Å². The van der Waals surface area contributed by atoms with E-state index in [1.807, 2.05) is 0 Å². The number of pyridine rings is 1. The van der Waals surface area contributed by atoms with E-state index < -0.39 is 21.5 Å². The Morgan fingerprint density at radius 2 is 1.84 bits per heavy atom. The lowest BCUT2D eigenvalue weighted by Gasteiger charge is -2.20. The van der Waals surface area contributed by atoms with E-state index in [4.69, 9.17) is 4.52 Å². The second-order valence-electron chi connectivity index (χ2n) is 7.31. The first-order valence-corrected chi connectivity index (χ1v) is 11.4. The van der Waals surface area contributed by atoms with Gasteiger partial charge >= 0.3 is 0 Å². The summed E-state index contributed by atoms with van der Waals surface area (Å²) in [6.07, 6.45) is 0. The standard InChI is InChI=1S/C21H26N4O5S/c1-6-25(7-2)31(28,29)15-8-9-19-16(10-15)17(11-20(26)22-19)21(27)24(5)12-18-13(3)23-30-14(18)4/h8-11H,6-7,12H2,1-5H3,(H,22,26). The Morgan fingerprint density at radius 1 is 1.16 bits per heavy atom. The van der Waals surface area contributed by atoms with Crippen molar-refractivity contribution in [3.63, 3.8) is 0 Å². The minimum Gasteiger partial charge on any atom is -0.361 e. The van der Waals surface area contributed by atoms with Crippen LogP contribution in [-0.2, 0) is 16.6 Å². The number of nitrogens with one attached hydrogen (secondary N) is 1. The molecule has 9 nitrogen and oxygen atoms in total. The number of rotatable bonds is 7. The topological polar surface area (TPSA) is 117 Å². The first kappa shape index (κ1) is 22.7. The highest BCUT2D eigenvalue weighted by Gasteiger charge is 2.24. The molecule has 2 heterocycles. The van der Waals surface area contributed by atoms with Crippen LogP contribution in [0.4, 0.5) is 0 Å². The quantitative estimate of drug-likeness (QED) is 0.596. The van der Waals surface area contributed by atoms with Gasteiger partial charge in [0.2, 0.25) is 15.6 Å². The first-order chi connectivity index (χ1) is 14.6. The molecule has 1 aromatic carbocycles. The van der Waals surface area contributed by atoms with E-state index in [0.717, 1.165) is 5.56 Å². The van der Waals surface area contributed by atoms with Crippen LogP contribution >= 0.6 is 0 Å². The Bertz CT molecular complexity index is 1270. The van der Waals surface area contributed by atoms with Gasteiger partial charge in [0.25, 0.3) is 5.91 Å². The number of carbonyl (C=O) groups is 1. The maximum atomic E-state index is 13.2. The van der Waals surface area contributed by atoms with Crippen molar-refractivity contribution in [1.82, 2.24) is 19.3 Å². The van der Waals surface area contributed by atoms with Crippen LogP contribution in [0.25, 0.3) is 10.9 Å². The third-order valence-corrected chi connectivity index (χ3v) is 7.36. The fourth-order valence-corrected chi connectivity index (χ4v) is 5.01. The molecular weight excluding hydrogens is 420 g/mol. The lowest BCUT2D eigenvalue weighted by atomic mass is 10.1. The second kappa shape index (κ2) is 8.64. The summed E-state index contributed by atoms with van der Waals surface area (Å²) < 4.78 is 32.4. The normalized spacial score (nSPS) is 11.9. The van der Waals surface area contributed by atoms with Crippen molar-refractivity contribution in [3.05, 3.63) is 57.2 Å². The highest BCUT2D eigenvalue weighted by atomic mass is 32.2. The Morgan fingerprint density at radius 3 is 2.42 bits per heavy atom. The van der Waals surface area contributed by atoms with Crippen molar-refractivity contribution in [2.24, 2.45) is 0 Å². The van der Waals surface area contributed by atoms with E-state index in [2.05, 4.69) is 10.1 Å². The number of hydrogen-bond acceptors (Lipinski definition) is 6. The predicted octanol–water partition coefficient (Wildman–Crippen LogP) is 2.44. The summed E-state index contributed by atoms with van der Waals surface area (Å²) in [5.41, 5.74) is 1.54. The predicted molar refractivity (Wildman–Crippen MR) is 116 cm³/mol. The zero-order valence-corrected chi connectivity index (χ0v) is 19.0. The maximum Gasteiger partial charge on any atom is 0.254 e. The van der Waals surface area contributed by atoms with Crippen LogP contribution in [0.15, 0.2) is 38.5 Å². The molecule has 0 bridgehead atoms. The number of hydrogen-bond donors (Lipinski definition) is 1. The molecule has 3 rings (SSSR count). The molecule has 1 N–H and O–H groups in total. The molecule has 0 spiro atoms. The van der Waals surface area contributed by atoms with E-state index in [9.17, 15) is 18.0 Å². The zero-order chi connectivity index (χ0) is 22.9. The molecule has 0 radical (unpaired) electrons. The van der Waals surface area contributed by atoms with Crippen LogP contribution in [0.3, 0.4) is 0 Å². The van der Waals surface area contributed by atoms with Crippen LogP contribution in [0, 0.1) is 13.8 Å². The van der Waals surface area contributed by atoms with Gasteiger partial charge in [0.1, 0.15) is 5.76 Å². The Labute approximate surface area is 180 Å². The van der Waals surface area contributed by atoms with Gasteiger partial charge in [-0.3, -0.25) is 9.59 Å². The van der Waals surface area contributed by atoms with Gasteiger partial charge < -0.3 is 14.4 Å². The van der Waals surface area contributed by atoms with Crippen LogP contribution in [-0.4, -0.2) is 53.8 Å². The molecule has 0 saturated carbocycles. The van der Waals surface area contributed by atoms with Crippen molar-refractivity contribution in [2.45, 2.75) is 39.1 Å². The third kappa shape index (κ3) is 4.26. The van der Waals surface area contributed by atoms with E-state index in [-0.39, 0.29) is 17.0 Å². The maximum absolute atomic E-state index is 13.2. The third-order valence-electron chi connectivity index (χ3n) is 5.31. The highest BCUT2D eigenvalue weighted by Crippen LogP contribution is 2.24. The number of benzene rings is 1. The fraction of sp³-hybridized carbons (Fsp3) is 0.381. The van der Waals surface area contributed by atoms with Gasteiger partial charge in [-0.25, -0.2) is 8.42 Å². The Kier molecular flexibility index (Phi) is 6.33. The van der Waals surface area contributed by atoms with Gasteiger partial charge in [-0.05, 0) is 32.0 Å². The Hall–Kier alpha value is -2.98. The molecular formula is C21H26N4O5S. The smallest absolute Gasteiger partial charge is 0.254 e. The largest absolute Gasteiger partial charge is 0.361 e. The van der Waals surface area contributed by atoms with Gasteiger partial charge in [0, 0.05) is 42.7 Å². The number of H-pyrrole nitrogens is 1. The molecule has 0 aliphatic rings. The molecule has 1 amide bonds. The number of amides is 1. The number of nitrogens with zero attached hydrogens (tertiary/aromatic N) is 3. The van der Waals surface area contributed by atoms with Gasteiger partial charge in [0.15, 0.2) is 0 Å². The molecule has 2 aromatic heterocycles. The van der Waals surface area contributed by atoms with Crippen molar-refractivity contribution < 1.29 is 17.7 Å². The van der Waals surface area contributed by atoms with Crippen LogP contribution in [0.1, 0.15) is 41.2 Å². The number of aromatic amines is 1. The molecule has 0 fully saturated rings. The van der Waals surface area contributed by atoms with Crippen molar-refractivity contribution in [1.29, 1.82) is 0 Å². The summed E-state index contributed by atoms with van der Waals surface area (Å²) in [6.45, 7) is 7.97. The summed E-state index contributed by atoms with van der Waals surface area (Å²) in [5.74, 6) is 0.203. The molecule has 0 unspecified atom stereocenters. The van der Waals surface area contributed by atoms with Crippen molar-refractivity contribution in [3.8, 4) is 0 Å². The minimum atomic E-state index is -3.72. The van der Waals surface area contributed by atoms with Crippen LogP contribution < -0.4 is 5.56 Å². The number of aromatic nitrogens is 2. The molecule has 0 saturated heterocycles. The van der Waals surface area contributed by atoms with Gasteiger partial charge in [-0.1, -0.05) is 19.0 Å². The summed E-state index contributed by atoms with van der Waals surface area (Å²) in [6, 6.07) is 5.59. The molecule has 0 atom stereocenters. The van der Waals surface area contributed by atoms with Crippen LogP contribution in [0.5, 0.6) is 0 Å². The highest BCUT2D eigenvalue weighted by molar-refractivity contribution is 7.89. The van der Waals surface area contributed by atoms with Gasteiger partial charge in [0.05, 0.1) is 22.7 Å². The molecule has 3 aromatic rings. The lowest BCUT2D eigenvalue weighted by Crippen LogP contribution is -2.31. The SMILES string of the molecule is CCN(CC)S(=O)(=O)c1ccc2[nH]c(=O)cc(C(=O)N(C)Cc3c(C)noc3C)c2c1. The summed E-state index contributed by atoms with van der Waals surface area (Å²) in [7, 11) is -2.11. The number of fused-ring (bicyclic) bond motifs is 1. The van der Waals surface area contributed by atoms with E-state index >= 15 is 0 Å². The minimum absolute atomic E-state index is 0.0678. The van der Waals surface area contributed by atoms with Gasteiger partial charge in [-0.2, -0.15) is 4.31 Å². The molecule has 31 heavy (non-hydrogen) atoms.